The number of hydrogen-bond acceptors (Lipinski definition) is 7. The molecular weight excluding hydrogens is 434 g/mol. The molecule has 0 aliphatic carbocycles. The van der Waals surface area contributed by atoms with Crippen molar-refractivity contribution in [1.82, 2.24) is 4.98 Å². The van der Waals surface area contributed by atoms with Crippen LogP contribution in [0.5, 0.6) is 0 Å². The third-order valence-corrected chi connectivity index (χ3v) is 7.25. The number of aromatic nitrogens is 1. The standard InChI is InChI=1S/C22H29N3O4S2/c1-5-12-22(3,4)13-17-6-8-18(9-7-17)24-21(26)29-15-16(2)30-31-20-11-10-19(14-23-20)25(27)28/h6-11,14,16H,5,12-13,15H2,1-4H3,(H,24,26). The van der Waals surface area contributed by atoms with Gasteiger partial charge in [-0.3, -0.25) is 15.4 Å². The van der Waals surface area contributed by atoms with Crippen LogP contribution in [0.3, 0.4) is 0 Å². The molecule has 1 heterocycles. The lowest BCUT2D eigenvalue weighted by Gasteiger charge is -2.24. The molecule has 0 saturated heterocycles. The monoisotopic (exact) mass is 463 g/mol. The van der Waals surface area contributed by atoms with Crippen molar-refractivity contribution >= 4 is 39.1 Å². The lowest BCUT2D eigenvalue weighted by molar-refractivity contribution is -0.385. The minimum Gasteiger partial charge on any atom is -0.448 e. The summed E-state index contributed by atoms with van der Waals surface area (Å²) >= 11 is 0. The zero-order chi connectivity index (χ0) is 22.9. The Balaban J connectivity index is 1.72. The van der Waals surface area contributed by atoms with Crippen molar-refractivity contribution < 1.29 is 14.5 Å². The van der Waals surface area contributed by atoms with E-state index in [2.05, 4.69) is 31.1 Å². The molecule has 0 aliphatic heterocycles. The van der Waals surface area contributed by atoms with Crippen LogP contribution in [-0.4, -0.2) is 27.9 Å². The molecular formula is C22H29N3O4S2. The number of nitrogens with one attached hydrogen (secondary N) is 1. The second-order valence-corrected chi connectivity index (χ2v) is 10.8. The van der Waals surface area contributed by atoms with Gasteiger partial charge in [0.25, 0.3) is 5.69 Å². The normalized spacial score (nSPS) is 12.3. The van der Waals surface area contributed by atoms with Crippen molar-refractivity contribution in [2.45, 2.75) is 57.2 Å². The van der Waals surface area contributed by atoms with Crippen LogP contribution in [-0.2, 0) is 11.2 Å². The van der Waals surface area contributed by atoms with Gasteiger partial charge in [-0.05, 0) is 59.7 Å². The summed E-state index contributed by atoms with van der Waals surface area (Å²) in [5.41, 5.74) is 2.17. The topological polar surface area (TPSA) is 94.4 Å². The molecule has 1 aromatic heterocycles. The van der Waals surface area contributed by atoms with Crippen molar-refractivity contribution in [3.8, 4) is 0 Å². The molecule has 0 spiro atoms. The third-order valence-electron chi connectivity index (χ3n) is 4.49. The second kappa shape index (κ2) is 12.0. The molecule has 168 valence electrons. The van der Waals surface area contributed by atoms with Crippen LogP contribution in [0.2, 0.25) is 0 Å². The van der Waals surface area contributed by atoms with Gasteiger partial charge in [0, 0.05) is 17.0 Å². The Morgan fingerprint density at radius 2 is 1.97 bits per heavy atom. The molecule has 0 fully saturated rings. The van der Waals surface area contributed by atoms with Crippen molar-refractivity contribution in [2.24, 2.45) is 5.41 Å². The molecule has 9 heteroatoms. The summed E-state index contributed by atoms with van der Waals surface area (Å²) in [6.45, 7) is 8.92. The highest BCUT2D eigenvalue weighted by molar-refractivity contribution is 8.76. The zero-order valence-electron chi connectivity index (χ0n) is 18.3. The number of ether oxygens (including phenoxy) is 1. The number of carbonyl (C=O) groups is 1. The smallest absolute Gasteiger partial charge is 0.411 e. The van der Waals surface area contributed by atoms with E-state index in [4.69, 9.17) is 4.74 Å². The van der Waals surface area contributed by atoms with Crippen LogP contribution in [0.15, 0.2) is 47.6 Å². The minimum absolute atomic E-state index is 0.0240. The fourth-order valence-corrected chi connectivity index (χ4v) is 4.92. The van der Waals surface area contributed by atoms with Crippen LogP contribution in [0, 0.1) is 15.5 Å². The highest BCUT2D eigenvalue weighted by Crippen LogP contribution is 2.33. The number of anilines is 1. The molecule has 1 aromatic carbocycles. The van der Waals surface area contributed by atoms with E-state index < -0.39 is 11.0 Å². The van der Waals surface area contributed by atoms with Crippen LogP contribution in [0.25, 0.3) is 0 Å². The van der Waals surface area contributed by atoms with Crippen molar-refractivity contribution in [3.05, 3.63) is 58.3 Å². The fraction of sp³-hybridized carbons (Fsp3) is 0.455. The summed E-state index contributed by atoms with van der Waals surface area (Å²) in [5.74, 6) is 0. The first-order valence-electron chi connectivity index (χ1n) is 10.1. The third kappa shape index (κ3) is 9.18. The summed E-state index contributed by atoms with van der Waals surface area (Å²) in [6.07, 6.45) is 4.08. The number of pyridine rings is 1. The van der Waals surface area contributed by atoms with Crippen molar-refractivity contribution in [3.63, 3.8) is 0 Å². The minimum atomic E-state index is -0.495. The van der Waals surface area contributed by atoms with E-state index in [1.165, 1.54) is 45.8 Å². The predicted molar refractivity (Wildman–Crippen MR) is 128 cm³/mol. The number of nitrogens with zero attached hydrogens (tertiary/aromatic N) is 2. The molecule has 0 aliphatic rings. The van der Waals surface area contributed by atoms with Crippen LogP contribution >= 0.6 is 21.6 Å². The maximum Gasteiger partial charge on any atom is 0.411 e. The van der Waals surface area contributed by atoms with Gasteiger partial charge in [-0.25, -0.2) is 9.78 Å². The molecule has 2 rings (SSSR count). The van der Waals surface area contributed by atoms with Gasteiger partial charge in [-0.2, -0.15) is 0 Å². The molecule has 1 unspecified atom stereocenters. The summed E-state index contributed by atoms with van der Waals surface area (Å²) in [7, 11) is 2.87. The highest BCUT2D eigenvalue weighted by Gasteiger charge is 2.17. The Morgan fingerprint density at radius 3 is 2.55 bits per heavy atom. The SMILES string of the molecule is CCCC(C)(C)Cc1ccc(NC(=O)OCC(C)SSc2ccc([N+](=O)[O-])cn2)cc1. The number of hydrogen-bond donors (Lipinski definition) is 1. The molecule has 1 atom stereocenters. The van der Waals surface area contributed by atoms with Gasteiger partial charge in [0.1, 0.15) is 17.8 Å². The Bertz CT molecular complexity index is 858. The second-order valence-electron chi connectivity index (χ2n) is 8.11. The van der Waals surface area contributed by atoms with Crippen LogP contribution in [0.1, 0.15) is 46.1 Å². The molecule has 2 aromatic rings. The van der Waals surface area contributed by atoms with Crippen molar-refractivity contribution in [2.75, 3.05) is 11.9 Å². The molecule has 7 nitrogen and oxygen atoms in total. The van der Waals surface area contributed by atoms with Gasteiger partial charge in [-0.15, -0.1) is 0 Å². The first kappa shape index (κ1) is 25.0. The van der Waals surface area contributed by atoms with Gasteiger partial charge in [0.2, 0.25) is 0 Å². The number of rotatable bonds is 11. The van der Waals surface area contributed by atoms with Crippen LogP contribution in [0.4, 0.5) is 16.2 Å². The van der Waals surface area contributed by atoms with Crippen molar-refractivity contribution in [1.29, 1.82) is 0 Å². The van der Waals surface area contributed by atoms with Gasteiger partial charge in [-0.1, -0.05) is 50.1 Å². The van der Waals surface area contributed by atoms with Crippen LogP contribution < -0.4 is 5.32 Å². The first-order valence-corrected chi connectivity index (χ1v) is 12.4. The molecule has 0 bridgehead atoms. The summed E-state index contributed by atoms with van der Waals surface area (Å²) in [4.78, 5) is 26.3. The average molecular weight is 464 g/mol. The van der Waals surface area contributed by atoms with E-state index in [-0.39, 0.29) is 23.0 Å². The summed E-state index contributed by atoms with van der Waals surface area (Å²) < 4.78 is 5.30. The number of amides is 1. The lowest BCUT2D eigenvalue weighted by Crippen LogP contribution is -2.18. The average Bonchev–Trinajstić information content (AvgIpc) is 2.72. The number of nitro groups is 1. The summed E-state index contributed by atoms with van der Waals surface area (Å²) in [6, 6.07) is 10.9. The zero-order valence-corrected chi connectivity index (χ0v) is 19.9. The maximum atomic E-state index is 12.1. The predicted octanol–water partition coefficient (Wildman–Crippen LogP) is 6.74. The van der Waals surface area contributed by atoms with Gasteiger partial charge in [0.15, 0.2) is 0 Å². The Hall–Kier alpha value is -2.26. The fourth-order valence-electron chi connectivity index (χ4n) is 3.06. The Morgan fingerprint density at radius 1 is 1.26 bits per heavy atom. The Kier molecular flexibility index (Phi) is 9.64. The van der Waals surface area contributed by atoms with Gasteiger partial charge < -0.3 is 4.74 Å². The van der Waals surface area contributed by atoms with E-state index in [9.17, 15) is 14.9 Å². The number of benzene rings is 1. The number of carbonyl (C=O) groups excluding carboxylic acids is 1. The Labute approximate surface area is 191 Å². The molecule has 0 saturated carbocycles. The largest absolute Gasteiger partial charge is 0.448 e. The molecule has 0 radical (unpaired) electrons. The summed E-state index contributed by atoms with van der Waals surface area (Å²) in [5, 5.41) is 14.1. The molecule has 31 heavy (non-hydrogen) atoms. The molecule has 1 amide bonds. The highest BCUT2D eigenvalue weighted by atomic mass is 33.1. The van der Waals surface area contributed by atoms with Gasteiger partial charge >= 0.3 is 6.09 Å². The van der Waals surface area contributed by atoms with E-state index in [0.29, 0.717) is 10.7 Å². The maximum absolute atomic E-state index is 12.1. The van der Waals surface area contributed by atoms with E-state index >= 15 is 0 Å². The lowest BCUT2D eigenvalue weighted by atomic mass is 9.82. The van der Waals surface area contributed by atoms with E-state index in [1.54, 1.807) is 6.07 Å². The first-order chi connectivity index (χ1) is 14.7. The quantitative estimate of drug-likeness (QED) is 0.224. The van der Waals surface area contributed by atoms with Gasteiger partial charge in [0.05, 0.1) is 4.92 Å². The van der Waals surface area contributed by atoms with E-state index in [0.717, 1.165) is 12.8 Å². The van der Waals surface area contributed by atoms with E-state index in [1.807, 2.05) is 31.2 Å². The molecule has 1 N–H and O–H groups in total.